The van der Waals surface area contributed by atoms with Gasteiger partial charge in [0, 0.05) is 0 Å². The lowest BCUT2D eigenvalue weighted by Crippen LogP contribution is -2.39. The van der Waals surface area contributed by atoms with Crippen LogP contribution in [0.2, 0.25) is 0 Å². The zero-order valence-corrected chi connectivity index (χ0v) is 20.2. The van der Waals surface area contributed by atoms with E-state index in [0.29, 0.717) is 12.8 Å². The van der Waals surface area contributed by atoms with Crippen LogP contribution in [0.4, 0.5) is 0 Å². The highest BCUT2D eigenvalue weighted by Gasteiger charge is 2.45. The highest BCUT2D eigenvalue weighted by Crippen LogP contribution is 2.33. The van der Waals surface area contributed by atoms with E-state index in [1.165, 1.54) is 64.2 Å². The molecule has 0 atom stereocenters. The van der Waals surface area contributed by atoms with E-state index >= 15 is 0 Å². The second kappa shape index (κ2) is 22.4. The summed E-state index contributed by atoms with van der Waals surface area (Å²) in [6.07, 6.45) is 20.1. The first-order chi connectivity index (χ1) is 14.4. The molecule has 0 bridgehead atoms. The second-order valence-electron chi connectivity index (χ2n) is 8.55. The summed E-state index contributed by atoms with van der Waals surface area (Å²) in [7, 11) is 0. The lowest BCUT2D eigenvalue weighted by atomic mass is 9.78. The summed E-state index contributed by atoms with van der Waals surface area (Å²) in [6, 6.07) is 0. The van der Waals surface area contributed by atoms with Gasteiger partial charge in [-0.1, -0.05) is 123 Å². The van der Waals surface area contributed by atoms with Crippen LogP contribution in [0.25, 0.3) is 0 Å². The average Bonchev–Trinajstić information content (AvgIpc) is 2.70. The molecule has 0 fully saturated rings. The van der Waals surface area contributed by atoms with Crippen molar-refractivity contribution in [2.24, 2.45) is 5.41 Å². The molecule has 0 unspecified atom stereocenters. The third kappa shape index (κ3) is 16.5. The van der Waals surface area contributed by atoms with Gasteiger partial charge in [0.2, 0.25) is 0 Å². The Morgan fingerprint density at radius 1 is 0.633 bits per heavy atom. The van der Waals surface area contributed by atoms with E-state index in [2.05, 4.69) is 20.4 Å². The zero-order chi connectivity index (χ0) is 23.1. The predicted molar refractivity (Wildman–Crippen MR) is 128 cm³/mol. The maximum atomic E-state index is 11.8. The zero-order valence-electron chi connectivity index (χ0n) is 20.2. The van der Waals surface area contributed by atoms with Gasteiger partial charge in [-0.25, -0.2) is 0 Å². The van der Waals surface area contributed by atoms with Gasteiger partial charge >= 0.3 is 11.9 Å². The molecule has 4 heteroatoms. The first kappa shape index (κ1) is 30.9. The number of carboxylic acids is 2. The summed E-state index contributed by atoms with van der Waals surface area (Å²) in [4.78, 5) is 23.5. The van der Waals surface area contributed by atoms with Crippen LogP contribution in [0.5, 0.6) is 0 Å². The number of aliphatic carboxylic acids is 2. The van der Waals surface area contributed by atoms with E-state index in [9.17, 15) is 19.8 Å². The molecule has 0 aliphatic rings. The number of carbonyl (C=O) groups is 2. The Balaban J connectivity index is 0. The van der Waals surface area contributed by atoms with E-state index in [1.807, 2.05) is 6.92 Å². The fourth-order valence-electron chi connectivity index (χ4n) is 3.77. The van der Waals surface area contributed by atoms with Crippen LogP contribution in [0.3, 0.4) is 0 Å². The normalized spacial score (nSPS) is 10.9. The average molecular weight is 427 g/mol. The molecule has 0 aliphatic heterocycles. The predicted octanol–water partition coefficient (Wildman–Crippen LogP) is 8.40. The summed E-state index contributed by atoms with van der Waals surface area (Å²) < 4.78 is 0. The molecule has 0 aliphatic carbocycles. The Labute approximate surface area is 186 Å². The Bertz CT molecular complexity index is 381. The van der Waals surface area contributed by atoms with Crippen LogP contribution in [0, 0.1) is 5.41 Å². The monoisotopic (exact) mass is 426 g/mol. The van der Waals surface area contributed by atoms with Gasteiger partial charge in [0.25, 0.3) is 0 Å². The maximum Gasteiger partial charge on any atom is 0.321 e. The fourth-order valence-corrected chi connectivity index (χ4v) is 3.77. The van der Waals surface area contributed by atoms with Crippen LogP contribution >= 0.6 is 0 Å². The van der Waals surface area contributed by atoms with Crippen molar-refractivity contribution >= 4 is 11.9 Å². The third-order valence-corrected chi connectivity index (χ3v) is 5.73. The molecule has 0 heterocycles. The fraction of sp³-hybridized carbons (Fsp3) is 0.846. The molecule has 178 valence electrons. The highest BCUT2D eigenvalue weighted by molar-refractivity contribution is 5.98. The van der Waals surface area contributed by atoms with Crippen LogP contribution in [0.1, 0.15) is 136 Å². The van der Waals surface area contributed by atoms with Crippen LogP contribution in [0.15, 0.2) is 12.7 Å². The Hall–Kier alpha value is -1.32. The van der Waals surface area contributed by atoms with Crippen molar-refractivity contribution in [2.75, 3.05) is 0 Å². The smallest absolute Gasteiger partial charge is 0.321 e. The lowest BCUT2D eigenvalue weighted by molar-refractivity contribution is -0.166. The van der Waals surface area contributed by atoms with Crippen LogP contribution in [-0.4, -0.2) is 22.2 Å². The summed E-state index contributed by atoms with van der Waals surface area (Å²) in [6.45, 7) is 9.65. The second-order valence-corrected chi connectivity index (χ2v) is 8.55. The molecule has 2 N–H and O–H groups in total. The molecule has 0 aromatic heterocycles. The van der Waals surface area contributed by atoms with Crippen molar-refractivity contribution in [1.82, 2.24) is 0 Å². The Morgan fingerprint density at radius 2 is 0.867 bits per heavy atom. The molecule has 4 nitrogen and oxygen atoms in total. The summed E-state index contributed by atoms with van der Waals surface area (Å²) in [5, 5.41) is 19.2. The number of unbranched alkanes of at least 4 members (excludes halogenated alkanes) is 14. The summed E-state index contributed by atoms with van der Waals surface area (Å²) in [5.41, 5.74) is -1.58. The maximum absolute atomic E-state index is 11.8. The first-order valence-corrected chi connectivity index (χ1v) is 12.5. The van der Waals surface area contributed by atoms with Gasteiger partial charge in [-0.3, -0.25) is 9.59 Å². The van der Waals surface area contributed by atoms with E-state index in [1.54, 1.807) is 6.08 Å². The van der Waals surface area contributed by atoms with E-state index < -0.39 is 17.4 Å². The number of rotatable bonds is 20. The third-order valence-electron chi connectivity index (χ3n) is 5.73. The molecule has 0 spiro atoms. The number of carboxylic acid groups (broad SMARTS) is 2. The number of hydrogen-bond acceptors (Lipinski definition) is 2. The number of hydrogen-bond donors (Lipinski definition) is 2. The van der Waals surface area contributed by atoms with Crippen LogP contribution in [-0.2, 0) is 9.59 Å². The van der Waals surface area contributed by atoms with Gasteiger partial charge < -0.3 is 10.2 Å². The van der Waals surface area contributed by atoms with E-state index in [4.69, 9.17) is 0 Å². The largest absolute Gasteiger partial charge is 0.480 e. The molecule has 0 rings (SSSR count). The molecule has 0 amide bonds. The molecule has 30 heavy (non-hydrogen) atoms. The van der Waals surface area contributed by atoms with Crippen molar-refractivity contribution in [3.63, 3.8) is 0 Å². The summed E-state index contributed by atoms with van der Waals surface area (Å²) >= 11 is 0. The van der Waals surface area contributed by atoms with Gasteiger partial charge in [-0.2, -0.15) is 0 Å². The van der Waals surface area contributed by atoms with Crippen molar-refractivity contribution < 1.29 is 19.8 Å². The van der Waals surface area contributed by atoms with Crippen molar-refractivity contribution in [2.45, 2.75) is 136 Å². The Morgan fingerprint density at radius 3 is 1.10 bits per heavy atom. The molecule has 0 saturated heterocycles. The van der Waals surface area contributed by atoms with Crippen molar-refractivity contribution in [1.29, 1.82) is 0 Å². The van der Waals surface area contributed by atoms with Gasteiger partial charge in [0.05, 0.1) is 0 Å². The lowest BCUT2D eigenvalue weighted by Gasteiger charge is -2.25. The molecule has 0 aromatic carbocycles. The first-order valence-electron chi connectivity index (χ1n) is 12.5. The van der Waals surface area contributed by atoms with Crippen molar-refractivity contribution in [3.8, 4) is 0 Å². The standard InChI is InChI=1S/C23H44O4.C3H6/c1-3-5-7-9-11-13-15-17-19-23(21(24)25,22(26)27)20-18-16-14-12-10-8-6-4-2;1-3-2/h3-20H2,1-2H3,(H,24,25)(H,26,27);3H,1H2,2H3. The van der Waals surface area contributed by atoms with Gasteiger partial charge in [0.15, 0.2) is 5.41 Å². The van der Waals surface area contributed by atoms with E-state index in [-0.39, 0.29) is 12.8 Å². The molecular formula is C26H50O4. The molecule has 0 radical (unpaired) electrons. The van der Waals surface area contributed by atoms with Gasteiger partial charge in [-0.15, -0.1) is 6.58 Å². The minimum atomic E-state index is -1.58. The molecule has 0 saturated carbocycles. The quantitative estimate of drug-likeness (QED) is 0.116. The minimum absolute atomic E-state index is 0.267. The van der Waals surface area contributed by atoms with Crippen LogP contribution < -0.4 is 0 Å². The van der Waals surface area contributed by atoms with E-state index in [0.717, 1.165) is 25.7 Å². The number of allylic oxidation sites excluding steroid dienone is 1. The van der Waals surface area contributed by atoms with Gasteiger partial charge in [-0.05, 0) is 19.8 Å². The highest BCUT2D eigenvalue weighted by atomic mass is 16.4. The van der Waals surface area contributed by atoms with Crippen molar-refractivity contribution in [3.05, 3.63) is 12.7 Å². The topological polar surface area (TPSA) is 74.6 Å². The molecule has 0 aromatic rings. The summed E-state index contributed by atoms with van der Waals surface area (Å²) in [5.74, 6) is -2.30. The minimum Gasteiger partial charge on any atom is -0.480 e. The molecular weight excluding hydrogens is 376 g/mol. The van der Waals surface area contributed by atoms with Gasteiger partial charge in [0.1, 0.15) is 0 Å². The SMILES string of the molecule is C=CC.CCCCCCCCCCC(CCCCCCCCCC)(C(=O)O)C(=O)O. The Kier molecular flexibility index (Phi) is 23.0.